The Kier molecular flexibility index (Phi) is 5.05. The second kappa shape index (κ2) is 6.70. The van der Waals surface area contributed by atoms with Gasteiger partial charge in [-0.3, -0.25) is 10.1 Å². The van der Waals surface area contributed by atoms with Gasteiger partial charge in [0, 0.05) is 17.7 Å². The molecule has 0 unspecified atom stereocenters. The topological polar surface area (TPSA) is 89.3 Å². The zero-order valence-electron chi connectivity index (χ0n) is 13.8. The van der Waals surface area contributed by atoms with E-state index in [-0.39, 0.29) is 10.6 Å². The number of rotatable bonds is 6. The average Bonchev–Trinajstić information content (AvgIpc) is 2.46. The van der Waals surface area contributed by atoms with E-state index in [1.54, 1.807) is 20.8 Å². The van der Waals surface area contributed by atoms with Crippen LogP contribution >= 0.6 is 0 Å². The van der Waals surface area contributed by atoms with Crippen LogP contribution in [0.4, 0.5) is 5.69 Å². The van der Waals surface area contributed by atoms with Crippen LogP contribution in [-0.2, 0) is 16.4 Å². The summed E-state index contributed by atoms with van der Waals surface area (Å²) >= 11 is 0. The quantitative estimate of drug-likeness (QED) is 0.641. The fourth-order valence-electron chi connectivity index (χ4n) is 2.55. The second-order valence-corrected chi connectivity index (χ2v) is 8.01. The van der Waals surface area contributed by atoms with Gasteiger partial charge in [-0.25, -0.2) is 13.1 Å². The smallest absolute Gasteiger partial charge is 0.258 e. The Hall–Kier alpha value is -2.25. The fraction of sp³-hybridized carbons (Fsp3) is 0.294. The van der Waals surface area contributed by atoms with Gasteiger partial charge >= 0.3 is 0 Å². The van der Waals surface area contributed by atoms with Gasteiger partial charge in [0.15, 0.2) is 0 Å². The molecule has 0 aliphatic carbocycles. The van der Waals surface area contributed by atoms with Crippen molar-refractivity contribution in [3.05, 3.63) is 69.8 Å². The maximum absolute atomic E-state index is 12.7. The molecule has 24 heavy (non-hydrogen) atoms. The Balaban J connectivity index is 2.30. The summed E-state index contributed by atoms with van der Waals surface area (Å²) in [6.45, 7) is 5.18. The van der Waals surface area contributed by atoms with E-state index in [4.69, 9.17) is 0 Å². The number of hydrogen-bond donors (Lipinski definition) is 1. The second-order valence-electron chi connectivity index (χ2n) is 6.36. The molecule has 2 aromatic carbocycles. The standard InChI is InChI=1S/C17H20N2O4S/c1-13-9-10-15(19(20)21)11-16(13)24(22,23)18-17(2,3)12-14-7-5-4-6-8-14/h4-11,18H,12H2,1-3H3. The molecule has 1 N–H and O–H groups in total. The molecule has 0 aliphatic rings. The molecule has 0 amide bonds. The number of hydrogen-bond acceptors (Lipinski definition) is 4. The predicted octanol–water partition coefficient (Wildman–Crippen LogP) is 3.20. The number of benzene rings is 2. The van der Waals surface area contributed by atoms with Crippen LogP contribution in [0.15, 0.2) is 53.4 Å². The van der Waals surface area contributed by atoms with Crippen LogP contribution in [0.1, 0.15) is 25.0 Å². The highest BCUT2D eigenvalue weighted by atomic mass is 32.2. The number of nitro groups is 1. The van der Waals surface area contributed by atoms with Gasteiger partial charge < -0.3 is 0 Å². The first kappa shape index (κ1) is 18.1. The monoisotopic (exact) mass is 348 g/mol. The van der Waals surface area contributed by atoms with Crippen molar-refractivity contribution in [2.75, 3.05) is 0 Å². The summed E-state index contributed by atoms with van der Waals surface area (Å²) in [7, 11) is -3.88. The van der Waals surface area contributed by atoms with Gasteiger partial charge in [-0.1, -0.05) is 36.4 Å². The summed E-state index contributed by atoms with van der Waals surface area (Å²) in [4.78, 5) is 10.2. The zero-order valence-corrected chi connectivity index (χ0v) is 14.6. The minimum absolute atomic E-state index is 0.0714. The molecule has 0 heterocycles. The molecular formula is C17H20N2O4S. The van der Waals surface area contributed by atoms with Crippen LogP contribution in [0, 0.1) is 17.0 Å². The number of sulfonamides is 1. The predicted molar refractivity (Wildman–Crippen MR) is 92.4 cm³/mol. The fourth-order valence-corrected chi connectivity index (χ4v) is 4.23. The van der Waals surface area contributed by atoms with E-state index in [0.717, 1.165) is 11.6 Å². The number of non-ortho nitro benzene ring substituents is 1. The van der Waals surface area contributed by atoms with Crippen molar-refractivity contribution in [1.82, 2.24) is 4.72 Å². The Morgan fingerprint density at radius 3 is 2.33 bits per heavy atom. The lowest BCUT2D eigenvalue weighted by molar-refractivity contribution is -0.385. The summed E-state index contributed by atoms with van der Waals surface area (Å²) in [5.74, 6) is 0. The number of nitro benzene ring substituents is 1. The minimum atomic E-state index is -3.88. The first-order valence-corrected chi connectivity index (χ1v) is 8.92. The molecule has 6 nitrogen and oxygen atoms in total. The average molecular weight is 348 g/mol. The molecule has 7 heteroatoms. The number of aryl methyl sites for hydroxylation is 1. The van der Waals surface area contributed by atoms with Crippen molar-refractivity contribution in [3.63, 3.8) is 0 Å². The number of nitrogens with one attached hydrogen (secondary N) is 1. The van der Waals surface area contributed by atoms with E-state index < -0.39 is 20.5 Å². The van der Waals surface area contributed by atoms with Gasteiger partial charge in [0.1, 0.15) is 0 Å². The van der Waals surface area contributed by atoms with Crippen LogP contribution in [0.25, 0.3) is 0 Å². The highest BCUT2D eigenvalue weighted by Crippen LogP contribution is 2.24. The van der Waals surface area contributed by atoms with Gasteiger partial charge in [0.05, 0.1) is 9.82 Å². The normalized spacial score (nSPS) is 12.1. The van der Waals surface area contributed by atoms with Crippen molar-refractivity contribution in [1.29, 1.82) is 0 Å². The van der Waals surface area contributed by atoms with Crippen LogP contribution in [0.2, 0.25) is 0 Å². The molecule has 0 aromatic heterocycles. The molecule has 0 saturated carbocycles. The molecule has 0 spiro atoms. The molecule has 128 valence electrons. The molecular weight excluding hydrogens is 328 g/mol. The maximum Gasteiger partial charge on any atom is 0.270 e. The van der Waals surface area contributed by atoms with Crippen LogP contribution in [-0.4, -0.2) is 18.9 Å². The molecule has 2 rings (SSSR count). The van der Waals surface area contributed by atoms with Gasteiger partial charge in [-0.2, -0.15) is 0 Å². The van der Waals surface area contributed by atoms with Crippen molar-refractivity contribution in [2.45, 2.75) is 37.6 Å². The largest absolute Gasteiger partial charge is 0.270 e. The lowest BCUT2D eigenvalue weighted by atomic mass is 9.96. The Morgan fingerprint density at radius 2 is 1.75 bits per heavy atom. The van der Waals surface area contributed by atoms with Crippen molar-refractivity contribution >= 4 is 15.7 Å². The molecule has 2 aromatic rings. The lowest BCUT2D eigenvalue weighted by Crippen LogP contribution is -2.45. The third-order valence-electron chi connectivity index (χ3n) is 3.57. The Labute approximate surface area is 141 Å². The molecule has 0 bridgehead atoms. The van der Waals surface area contributed by atoms with E-state index in [1.165, 1.54) is 12.1 Å². The lowest BCUT2D eigenvalue weighted by Gasteiger charge is -2.26. The van der Waals surface area contributed by atoms with Crippen LogP contribution < -0.4 is 4.72 Å². The maximum atomic E-state index is 12.7. The summed E-state index contributed by atoms with van der Waals surface area (Å²) in [5.41, 5.74) is 0.475. The Morgan fingerprint density at radius 1 is 1.12 bits per heavy atom. The van der Waals surface area contributed by atoms with Crippen LogP contribution in [0.3, 0.4) is 0 Å². The summed E-state index contributed by atoms with van der Waals surface area (Å²) in [6.07, 6.45) is 0.501. The highest BCUT2D eigenvalue weighted by molar-refractivity contribution is 7.89. The first-order chi connectivity index (χ1) is 11.1. The molecule has 0 aliphatic heterocycles. The van der Waals surface area contributed by atoms with Crippen molar-refractivity contribution in [2.24, 2.45) is 0 Å². The SMILES string of the molecule is Cc1ccc([N+](=O)[O-])cc1S(=O)(=O)NC(C)(C)Cc1ccccc1. The molecule has 0 atom stereocenters. The number of nitrogens with zero attached hydrogens (tertiary/aromatic N) is 1. The summed E-state index contributed by atoms with van der Waals surface area (Å²) in [6, 6.07) is 13.4. The highest BCUT2D eigenvalue weighted by Gasteiger charge is 2.28. The molecule has 0 radical (unpaired) electrons. The zero-order chi connectivity index (χ0) is 18.0. The van der Waals surface area contributed by atoms with Gasteiger partial charge in [-0.05, 0) is 38.3 Å². The summed E-state index contributed by atoms with van der Waals surface area (Å²) < 4.78 is 28.1. The third-order valence-corrected chi connectivity index (χ3v) is 5.41. The summed E-state index contributed by atoms with van der Waals surface area (Å²) in [5, 5.41) is 10.9. The molecule has 0 saturated heterocycles. The van der Waals surface area contributed by atoms with Crippen molar-refractivity contribution < 1.29 is 13.3 Å². The van der Waals surface area contributed by atoms with Crippen molar-refractivity contribution in [3.8, 4) is 0 Å². The Bertz CT molecular complexity index is 846. The van der Waals surface area contributed by atoms with E-state index in [1.807, 2.05) is 30.3 Å². The first-order valence-electron chi connectivity index (χ1n) is 7.44. The minimum Gasteiger partial charge on any atom is -0.258 e. The van der Waals surface area contributed by atoms with E-state index in [9.17, 15) is 18.5 Å². The van der Waals surface area contributed by atoms with Gasteiger partial charge in [-0.15, -0.1) is 0 Å². The van der Waals surface area contributed by atoms with Gasteiger partial charge in [0.25, 0.3) is 5.69 Å². The van der Waals surface area contributed by atoms with Gasteiger partial charge in [0.2, 0.25) is 10.0 Å². The van der Waals surface area contributed by atoms with E-state index in [2.05, 4.69) is 4.72 Å². The molecule has 0 fully saturated rings. The van der Waals surface area contributed by atoms with Crippen LogP contribution in [0.5, 0.6) is 0 Å². The van der Waals surface area contributed by atoms with E-state index >= 15 is 0 Å². The third kappa shape index (κ3) is 4.39. The van der Waals surface area contributed by atoms with E-state index in [0.29, 0.717) is 12.0 Å².